The molecule has 1 rings (SSSR count). The third-order valence-corrected chi connectivity index (χ3v) is 8.16. The molecule has 0 saturated heterocycles. The summed E-state index contributed by atoms with van der Waals surface area (Å²) in [6.07, 6.45) is 0.956. The van der Waals surface area contributed by atoms with Crippen molar-refractivity contribution in [3.8, 4) is 11.5 Å². The van der Waals surface area contributed by atoms with E-state index in [9.17, 15) is 0 Å². The summed E-state index contributed by atoms with van der Waals surface area (Å²) in [5, 5.41) is 0.195. The van der Waals surface area contributed by atoms with E-state index in [1.54, 1.807) is 7.11 Å². The van der Waals surface area contributed by atoms with Gasteiger partial charge >= 0.3 is 0 Å². The van der Waals surface area contributed by atoms with Crippen molar-refractivity contribution >= 4 is 8.32 Å². The summed E-state index contributed by atoms with van der Waals surface area (Å²) in [5.74, 6) is 1.79. The van der Waals surface area contributed by atoms with Gasteiger partial charge in [-0.3, -0.25) is 0 Å². The lowest BCUT2D eigenvalue weighted by Gasteiger charge is -2.37. The number of hydrogen-bond donors (Lipinski definition) is 0. The molecule has 2 nitrogen and oxygen atoms in total. The molecule has 1 aromatic carbocycles. The van der Waals surface area contributed by atoms with Crippen molar-refractivity contribution in [3.63, 3.8) is 0 Å². The van der Waals surface area contributed by atoms with Crippen LogP contribution in [0.3, 0.4) is 0 Å². The monoisotopic (exact) mass is 266 g/mol. The molecule has 102 valence electrons. The molecule has 0 amide bonds. The van der Waals surface area contributed by atoms with E-state index in [2.05, 4.69) is 46.9 Å². The second kappa shape index (κ2) is 5.35. The smallest absolute Gasteiger partial charge is 0.250 e. The molecule has 0 fully saturated rings. The SMILES string of the molecule is CCc1cccc(O[Si](C)(C)C(C)(C)C)c1OC. The minimum atomic E-state index is -1.81. The second-order valence-electron chi connectivity index (χ2n) is 6.16. The molecule has 0 atom stereocenters. The van der Waals surface area contributed by atoms with E-state index >= 15 is 0 Å². The first-order valence-corrected chi connectivity index (χ1v) is 9.48. The minimum absolute atomic E-state index is 0.195. The number of para-hydroxylation sites is 1. The van der Waals surface area contributed by atoms with Gasteiger partial charge < -0.3 is 9.16 Å². The first-order chi connectivity index (χ1) is 8.23. The summed E-state index contributed by atoms with van der Waals surface area (Å²) >= 11 is 0. The van der Waals surface area contributed by atoms with Crippen molar-refractivity contribution in [2.45, 2.75) is 52.2 Å². The fourth-order valence-corrected chi connectivity index (χ4v) is 2.60. The molecule has 0 aliphatic carbocycles. The van der Waals surface area contributed by atoms with Gasteiger partial charge in [-0.1, -0.05) is 39.8 Å². The lowest BCUT2D eigenvalue weighted by atomic mass is 10.1. The Morgan fingerprint density at radius 1 is 1.17 bits per heavy atom. The van der Waals surface area contributed by atoms with E-state index in [0.717, 1.165) is 17.9 Å². The molecule has 0 heterocycles. The third kappa shape index (κ3) is 3.08. The van der Waals surface area contributed by atoms with Crippen molar-refractivity contribution in [2.24, 2.45) is 0 Å². The van der Waals surface area contributed by atoms with Gasteiger partial charge in [0.25, 0.3) is 8.32 Å². The Labute approximate surface area is 112 Å². The number of ether oxygens (including phenoxy) is 1. The van der Waals surface area contributed by atoms with Crippen LogP contribution in [0, 0.1) is 0 Å². The van der Waals surface area contributed by atoms with Crippen LogP contribution in [-0.4, -0.2) is 15.4 Å². The lowest BCUT2D eigenvalue weighted by molar-refractivity contribution is 0.382. The highest BCUT2D eigenvalue weighted by molar-refractivity contribution is 6.74. The van der Waals surface area contributed by atoms with Crippen LogP contribution in [-0.2, 0) is 6.42 Å². The van der Waals surface area contributed by atoms with Crippen LogP contribution in [0.2, 0.25) is 18.1 Å². The van der Waals surface area contributed by atoms with E-state index in [1.165, 1.54) is 5.56 Å². The van der Waals surface area contributed by atoms with Crippen LogP contribution in [0.15, 0.2) is 18.2 Å². The predicted octanol–water partition coefficient (Wildman–Crippen LogP) is 4.64. The molecular weight excluding hydrogens is 240 g/mol. The van der Waals surface area contributed by atoms with E-state index in [4.69, 9.17) is 9.16 Å². The Kier molecular flexibility index (Phi) is 4.49. The van der Waals surface area contributed by atoms with Crippen molar-refractivity contribution in [3.05, 3.63) is 23.8 Å². The van der Waals surface area contributed by atoms with Gasteiger partial charge in [0.05, 0.1) is 7.11 Å². The first-order valence-electron chi connectivity index (χ1n) is 6.58. The highest BCUT2D eigenvalue weighted by Gasteiger charge is 2.39. The van der Waals surface area contributed by atoms with Gasteiger partial charge in [0.15, 0.2) is 5.75 Å². The normalized spacial score (nSPS) is 12.4. The third-order valence-electron chi connectivity index (χ3n) is 3.82. The Hall–Kier alpha value is -0.963. The fraction of sp³-hybridized carbons (Fsp3) is 0.600. The van der Waals surface area contributed by atoms with Crippen LogP contribution < -0.4 is 9.16 Å². The first kappa shape index (κ1) is 15.1. The van der Waals surface area contributed by atoms with Crippen molar-refractivity contribution in [1.82, 2.24) is 0 Å². The van der Waals surface area contributed by atoms with Gasteiger partial charge in [-0.2, -0.15) is 0 Å². The largest absolute Gasteiger partial charge is 0.541 e. The van der Waals surface area contributed by atoms with Crippen molar-refractivity contribution in [2.75, 3.05) is 7.11 Å². The average molecular weight is 266 g/mol. The summed E-state index contributed by atoms with van der Waals surface area (Å²) in [4.78, 5) is 0. The summed E-state index contributed by atoms with van der Waals surface area (Å²) in [6, 6.07) is 6.15. The summed E-state index contributed by atoms with van der Waals surface area (Å²) < 4.78 is 11.9. The minimum Gasteiger partial charge on any atom is -0.541 e. The zero-order valence-electron chi connectivity index (χ0n) is 12.8. The van der Waals surface area contributed by atoms with Crippen LogP contribution in [0.4, 0.5) is 0 Å². The summed E-state index contributed by atoms with van der Waals surface area (Å²) in [5.41, 5.74) is 1.20. The topological polar surface area (TPSA) is 18.5 Å². The summed E-state index contributed by atoms with van der Waals surface area (Å²) in [7, 11) is -0.0938. The molecule has 18 heavy (non-hydrogen) atoms. The molecule has 0 aliphatic rings. The number of benzene rings is 1. The van der Waals surface area contributed by atoms with E-state index in [0.29, 0.717) is 0 Å². The molecular formula is C15H26O2Si. The zero-order chi connectivity index (χ0) is 14.0. The second-order valence-corrected chi connectivity index (χ2v) is 10.9. The van der Waals surface area contributed by atoms with Gasteiger partial charge in [-0.05, 0) is 36.2 Å². The Morgan fingerprint density at radius 3 is 2.22 bits per heavy atom. The van der Waals surface area contributed by atoms with Gasteiger partial charge in [0.1, 0.15) is 5.75 Å². The van der Waals surface area contributed by atoms with Crippen LogP contribution in [0.1, 0.15) is 33.3 Å². The molecule has 0 N–H and O–H groups in total. The fourth-order valence-electron chi connectivity index (χ4n) is 1.58. The molecule has 1 aromatic rings. The van der Waals surface area contributed by atoms with E-state index < -0.39 is 8.32 Å². The highest BCUT2D eigenvalue weighted by atomic mass is 28.4. The molecule has 0 aromatic heterocycles. The molecule has 0 spiro atoms. The number of methoxy groups -OCH3 is 1. The lowest BCUT2D eigenvalue weighted by Crippen LogP contribution is -2.43. The molecule has 0 saturated carbocycles. The van der Waals surface area contributed by atoms with E-state index in [1.807, 2.05) is 12.1 Å². The standard InChI is InChI=1S/C15H26O2Si/c1-8-12-10-9-11-13(14(12)16-5)17-18(6,7)15(2,3)4/h9-11H,8H2,1-7H3. The Balaban J connectivity index is 3.12. The number of hydrogen-bond acceptors (Lipinski definition) is 2. The molecule has 0 unspecified atom stereocenters. The van der Waals surface area contributed by atoms with Crippen LogP contribution in [0.5, 0.6) is 11.5 Å². The Morgan fingerprint density at radius 2 is 1.78 bits per heavy atom. The molecule has 0 radical (unpaired) electrons. The Bertz CT molecular complexity index is 405. The van der Waals surface area contributed by atoms with Crippen molar-refractivity contribution < 1.29 is 9.16 Å². The van der Waals surface area contributed by atoms with E-state index in [-0.39, 0.29) is 5.04 Å². The van der Waals surface area contributed by atoms with Gasteiger partial charge in [0, 0.05) is 0 Å². The molecule has 3 heteroatoms. The number of aryl methyl sites for hydroxylation is 1. The maximum Gasteiger partial charge on any atom is 0.250 e. The van der Waals surface area contributed by atoms with Gasteiger partial charge in [-0.15, -0.1) is 0 Å². The van der Waals surface area contributed by atoms with Crippen molar-refractivity contribution in [1.29, 1.82) is 0 Å². The average Bonchev–Trinajstić information content (AvgIpc) is 2.26. The highest BCUT2D eigenvalue weighted by Crippen LogP contribution is 2.40. The van der Waals surface area contributed by atoms with Crippen LogP contribution in [0.25, 0.3) is 0 Å². The van der Waals surface area contributed by atoms with Gasteiger partial charge in [-0.25, -0.2) is 0 Å². The van der Waals surface area contributed by atoms with Gasteiger partial charge in [0.2, 0.25) is 0 Å². The maximum atomic E-state index is 6.34. The summed E-state index contributed by atoms with van der Waals surface area (Å²) in [6.45, 7) is 13.4. The molecule has 0 aliphatic heterocycles. The van der Waals surface area contributed by atoms with Crippen LogP contribution >= 0.6 is 0 Å². The maximum absolute atomic E-state index is 6.34. The molecule has 0 bridgehead atoms. The number of rotatable bonds is 4. The predicted molar refractivity (Wildman–Crippen MR) is 80.2 cm³/mol. The zero-order valence-corrected chi connectivity index (χ0v) is 13.8. The quantitative estimate of drug-likeness (QED) is 0.739.